The average molecular weight is 483 g/mol. The van der Waals surface area contributed by atoms with E-state index in [4.69, 9.17) is 14.7 Å². The third-order valence-corrected chi connectivity index (χ3v) is 5.83. The molecule has 0 aliphatic carbocycles. The molecule has 36 heavy (non-hydrogen) atoms. The number of rotatable bonds is 8. The summed E-state index contributed by atoms with van der Waals surface area (Å²) in [6, 6.07) is 20.2. The number of hydrogen-bond acceptors (Lipinski definition) is 6. The van der Waals surface area contributed by atoms with Crippen LogP contribution in [0.5, 0.6) is 5.75 Å². The quantitative estimate of drug-likeness (QED) is 0.325. The van der Waals surface area contributed by atoms with Crippen molar-refractivity contribution < 1.29 is 9.13 Å². The number of nitrogens with zero attached hydrogens (tertiary/aromatic N) is 5. The number of anilines is 1. The van der Waals surface area contributed by atoms with Crippen molar-refractivity contribution in [2.75, 3.05) is 26.5 Å². The number of aromatic nitrogens is 4. The van der Waals surface area contributed by atoms with Gasteiger partial charge in [0.2, 0.25) is 5.95 Å². The number of fused-ring (bicyclic) bond motifs is 1. The molecular formula is C28H27FN6O. The fourth-order valence-corrected chi connectivity index (χ4v) is 4.20. The Hall–Kier alpha value is -4.30. The van der Waals surface area contributed by atoms with Gasteiger partial charge in [0.25, 0.3) is 0 Å². The molecule has 1 N–H and O–H groups in total. The SMILES string of the molecule is COc1ccccc1CNc1nccc(-c2c(-c3ccc(F)cc3)nc3cc(CN(C)C)ccn23)n1. The number of nitrogens with one attached hydrogen (secondary N) is 1. The highest BCUT2D eigenvalue weighted by molar-refractivity contribution is 5.80. The van der Waals surface area contributed by atoms with Crippen LogP contribution in [-0.4, -0.2) is 45.5 Å². The molecule has 7 nitrogen and oxygen atoms in total. The topological polar surface area (TPSA) is 67.6 Å². The monoisotopic (exact) mass is 482 g/mol. The molecule has 5 aromatic rings. The molecular weight excluding hydrogens is 455 g/mol. The van der Waals surface area contributed by atoms with E-state index in [1.165, 1.54) is 12.1 Å². The first-order valence-electron chi connectivity index (χ1n) is 11.6. The maximum Gasteiger partial charge on any atom is 0.223 e. The van der Waals surface area contributed by atoms with E-state index in [0.29, 0.717) is 18.2 Å². The van der Waals surface area contributed by atoms with Gasteiger partial charge in [0.1, 0.15) is 17.2 Å². The number of halogens is 1. The van der Waals surface area contributed by atoms with Crippen LogP contribution >= 0.6 is 0 Å². The van der Waals surface area contributed by atoms with Gasteiger partial charge in [-0.3, -0.25) is 4.40 Å². The third-order valence-electron chi connectivity index (χ3n) is 5.83. The summed E-state index contributed by atoms with van der Waals surface area (Å²) in [4.78, 5) is 16.3. The summed E-state index contributed by atoms with van der Waals surface area (Å²) in [6.45, 7) is 1.31. The first-order chi connectivity index (χ1) is 17.5. The smallest absolute Gasteiger partial charge is 0.223 e. The standard InChI is InChI=1S/C28H27FN6O/c1-34(2)18-19-13-15-35-25(16-19)33-26(20-8-10-22(29)11-9-20)27(35)23-12-14-30-28(32-23)31-17-21-6-4-5-7-24(21)36-3/h4-16H,17-18H2,1-3H3,(H,30,31,32). The molecule has 0 unspecified atom stereocenters. The zero-order valence-corrected chi connectivity index (χ0v) is 20.4. The van der Waals surface area contributed by atoms with Gasteiger partial charge < -0.3 is 15.0 Å². The summed E-state index contributed by atoms with van der Waals surface area (Å²) >= 11 is 0. The second-order valence-corrected chi connectivity index (χ2v) is 8.75. The first-order valence-corrected chi connectivity index (χ1v) is 11.6. The molecule has 0 amide bonds. The molecule has 0 atom stereocenters. The summed E-state index contributed by atoms with van der Waals surface area (Å²) in [6.07, 6.45) is 3.73. The Balaban J connectivity index is 1.56. The molecule has 2 aromatic carbocycles. The van der Waals surface area contributed by atoms with Crippen LogP contribution < -0.4 is 10.1 Å². The summed E-state index contributed by atoms with van der Waals surface area (Å²) in [5.74, 6) is 1.000. The highest BCUT2D eigenvalue weighted by Crippen LogP contribution is 2.32. The molecule has 0 fully saturated rings. The second kappa shape index (κ2) is 10.1. The van der Waals surface area contributed by atoms with Crippen LogP contribution in [0.3, 0.4) is 0 Å². The van der Waals surface area contributed by atoms with Crippen molar-refractivity contribution in [3.05, 3.63) is 96.1 Å². The van der Waals surface area contributed by atoms with Crippen molar-refractivity contribution in [3.63, 3.8) is 0 Å². The average Bonchev–Trinajstić information content (AvgIpc) is 3.26. The molecule has 0 bridgehead atoms. The van der Waals surface area contributed by atoms with Gasteiger partial charge in [-0.1, -0.05) is 18.2 Å². The Morgan fingerprint density at radius 2 is 1.81 bits per heavy atom. The number of imidazole rings is 1. The number of hydrogen-bond donors (Lipinski definition) is 1. The lowest BCUT2D eigenvalue weighted by atomic mass is 10.1. The van der Waals surface area contributed by atoms with Gasteiger partial charge in [0, 0.05) is 36.6 Å². The van der Waals surface area contributed by atoms with E-state index in [1.807, 2.05) is 55.0 Å². The lowest BCUT2D eigenvalue weighted by Crippen LogP contribution is -2.10. The van der Waals surface area contributed by atoms with Crippen molar-refractivity contribution in [3.8, 4) is 28.4 Å². The van der Waals surface area contributed by atoms with Crippen LogP contribution in [0.15, 0.2) is 79.1 Å². The highest BCUT2D eigenvalue weighted by atomic mass is 19.1. The Morgan fingerprint density at radius 1 is 1.00 bits per heavy atom. The molecule has 0 spiro atoms. The summed E-state index contributed by atoms with van der Waals surface area (Å²) in [7, 11) is 5.72. The van der Waals surface area contributed by atoms with Crippen LogP contribution in [0.1, 0.15) is 11.1 Å². The number of methoxy groups -OCH3 is 1. The van der Waals surface area contributed by atoms with Crippen LogP contribution in [0.4, 0.5) is 10.3 Å². The summed E-state index contributed by atoms with van der Waals surface area (Å²) in [5.41, 5.74) is 6.01. The molecule has 5 rings (SSSR count). The first kappa shape index (κ1) is 23.4. The van der Waals surface area contributed by atoms with Gasteiger partial charge in [-0.25, -0.2) is 19.3 Å². The van der Waals surface area contributed by atoms with E-state index in [1.54, 1.807) is 25.4 Å². The molecule has 182 valence electrons. The van der Waals surface area contributed by atoms with Crippen LogP contribution in [0.25, 0.3) is 28.3 Å². The van der Waals surface area contributed by atoms with Crippen LogP contribution in [0.2, 0.25) is 0 Å². The van der Waals surface area contributed by atoms with Crippen LogP contribution in [0, 0.1) is 5.82 Å². The van der Waals surface area contributed by atoms with Crippen LogP contribution in [-0.2, 0) is 13.1 Å². The van der Waals surface area contributed by atoms with E-state index in [2.05, 4.69) is 27.3 Å². The summed E-state index contributed by atoms with van der Waals surface area (Å²) in [5, 5.41) is 3.30. The van der Waals surface area contributed by atoms with Gasteiger partial charge in [0.05, 0.1) is 24.2 Å². The van der Waals surface area contributed by atoms with Gasteiger partial charge >= 0.3 is 0 Å². The fraction of sp³-hybridized carbons (Fsp3) is 0.179. The minimum Gasteiger partial charge on any atom is -0.496 e. The largest absolute Gasteiger partial charge is 0.496 e. The lowest BCUT2D eigenvalue weighted by Gasteiger charge is -2.11. The Labute approximate surface area is 209 Å². The maximum atomic E-state index is 13.7. The van der Waals surface area contributed by atoms with Gasteiger partial charge in [0.15, 0.2) is 0 Å². The van der Waals surface area contributed by atoms with Gasteiger partial charge in [-0.15, -0.1) is 0 Å². The molecule has 0 saturated carbocycles. The van der Waals surface area contributed by atoms with E-state index in [-0.39, 0.29) is 5.82 Å². The van der Waals surface area contributed by atoms with E-state index >= 15 is 0 Å². The second-order valence-electron chi connectivity index (χ2n) is 8.75. The Morgan fingerprint density at radius 3 is 2.58 bits per heavy atom. The number of ether oxygens (including phenoxy) is 1. The lowest BCUT2D eigenvalue weighted by molar-refractivity contribution is 0.402. The number of pyridine rings is 1. The number of para-hydroxylation sites is 1. The number of benzene rings is 2. The molecule has 0 radical (unpaired) electrons. The highest BCUT2D eigenvalue weighted by Gasteiger charge is 2.18. The van der Waals surface area contributed by atoms with E-state index in [0.717, 1.165) is 46.0 Å². The van der Waals surface area contributed by atoms with Crippen molar-refractivity contribution in [1.29, 1.82) is 0 Å². The maximum absolute atomic E-state index is 13.7. The van der Waals surface area contributed by atoms with E-state index in [9.17, 15) is 4.39 Å². The van der Waals surface area contributed by atoms with Crippen molar-refractivity contribution in [2.24, 2.45) is 0 Å². The molecule has 0 saturated heterocycles. The minimum atomic E-state index is -0.290. The van der Waals surface area contributed by atoms with Gasteiger partial charge in [-0.2, -0.15) is 0 Å². The zero-order chi connectivity index (χ0) is 25.1. The Kier molecular flexibility index (Phi) is 6.60. The van der Waals surface area contributed by atoms with Crippen molar-refractivity contribution in [2.45, 2.75) is 13.1 Å². The van der Waals surface area contributed by atoms with Crippen molar-refractivity contribution in [1.82, 2.24) is 24.3 Å². The molecule has 0 aliphatic rings. The van der Waals surface area contributed by atoms with Gasteiger partial charge in [-0.05, 0) is 68.2 Å². The normalized spacial score (nSPS) is 11.2. The molecule has 3 aromatic heterocycles. The molecule has 8 heteroatoms. The predicted octanol–water partition coefficient (Wildman–Crippen LogP) is 5.28. The molecule has 3 heterocycles. The fourth-order valence-electron chi connectivity index (χ4n) is 4.20. The minimum absolute atomic E-state index is 0.290. The van der Waals surface area contributed by atoms with Crippen molar-refractivity contribution >= 4 is 11.6 Å². The van der Waals surface area contributed by atoms with E-state index < -0.39 is 0 Å². The molecule has 0 aliphatic heterocycles. The summed E-state index contributed by atoms with van der Waals surface area (Å²) < 4.78 is 21.1. The third kappa shape index (κ3) is 4.89. The zero-order valence-electron chi connectivity index (χ0n) is 20.4. The predicted molar refractivity (Wildman–Crippen MR) is 139 cm³/mol. The Bertz CT molecular complexity index is 1500.